The number of amides is 2. The number of piperidine rings is 1. The van der Waals surface area contributed by atoms with E-state index in [9.17, 15) is 22.8 Å². The van der Waals surface area contributed by atoms with Crippen LogP contribution >= 0.6 is 0 Å². The molecule has 0 spiro atoms. The Kier molecular flexibility index (Phi) is 5.25. The van der Waals surface area contributed by atoms with Crippen molar-refractivity contribution in [1.82, 2.24) is 4.90 Å². The van der Waals surface area contributed by atoms with Crippen LogP contribution in [0.4, 0.5) is 18.9 Å². The molecule has 0 aliphatic carbocycles. The zero-order chi connectivity index (χ0) is 17.0. The van der Waals surface area contributed by atoms with Crippen LogP contribution in [0.5, 0.6) is 0 Å². The number of alkyl halides is 3. The number of carbonyl (C=O) groups is 2. The van der Waals surface area contributed by atoms with E-state index in [1.54, 1.807) is 0 Å². The lowest BCUT2D eigenvalue weighted by atomic mass is 9.96. The molecule has 0 bridgehead atoms. The van der Waals surface area contributed by atoms with E-state index < -0.39 is 11.7 Å². The number of anilines is 1. The lowest BCUT2D eigenvalue weighted by Gasteiger charge is -2.29. The van der Waals surface area contributed by atoms with Crippen LogP contribution in [-0.4, -0.2) is 36.3 Å². The third kappa shape index (κ3) is 4.95. The van der Waals surface area contributed by atoms with Gasteiger partial charge in [-0.2, -0.15) is 13.2 Å². The Morgan fingerprint density at radius 3 is 2.48 bits per heavy atom. The van der Waals surface area contributed by atoms with E-state index >= 15 is 0 Å². The molecule has 1 fully saturated rings. The first-order valence-electron chi connectivity index (χ1n) is 7.24. The number of benzene rings is 1. The number of hydrogen-bond acceptors (Lipinski definition) is 3. The maximum atomic E-state index is 12.6. The zero-order valence-corrected chi connectivity index (χ0v) is 12.4. The molecular weight excluding hydrogens is 311 g/mol. The molecule has 1 aromatic carbocycles. The van der Waals surface area contributed by atoms with Crippen LogP contribution in [0.1, 0.15) is 18.4 Å². The summed E-state index contributed by atoms with van der Waals surface area (Å²) in [5, 5.41) is 2.46. The summed E-state index contributed by atoms with van der Waals surface area (Å²) in [6, 6.07) is 4.50. The van der Waals surface area contributed by atoms with Gasteiger partial charge in [-0.1, -0.05) is 6.07 Å². The summed E-state index contributed by atoms with van der Waals surface area (Å²) in [7, 11) is 0. The van der Waals surface area contributed by atoms with Crippen molar-refractivity contribution < 1.29 is 22.8 Å². The quantitative estimate of drug-likeness (QED) is 0.885. The van der Waals surface area contributed by atoms with E-state index in [0.29, 0.717) is 25.9 Å². The molecule has 2 rings (SSSR count). The van der Waals surface area contributed by atoms with Gasteiger partial charge in [-0.05, 0) is 44.1 Å². The second-order valence-corrected chi connectivity index (χ2v) is 5.58. The topological polar surface area (TPSA) is 75.4 Å². The van der Waals surface area contributed by atoms with Gasteiger partial charge in [0.25, 0.3) is 0 Å². The molecule has 0 aromatic heterocycles. The molecule has 23 heavy (non-hydrogen) atoms. The third-order valence-electron chi connectivity index (χ3n) is 3.83. The number of carbonyl (C=O) groups excluding carboxylic acids is 2. The SMILES string of the molecule is NC(=O)C1CCN(CC(=O)Nc2cccc(C(F)(F)F)c2)CC1. The van der Waals surface area contributed by atoms with Crippen LogP contribution in [0.15, 0.2) is 24.3 Å². The minimum Gasteiger partial charge on any atom is -0.369 e. The summed E-state index contributed by atoms with van der Waals surface area (Å²) in [5.41, 5.74) is 4.54. The number of nitrogens with zero attached hydrogens (tertiary/aromatic N) is 1. The van der Waals surface area contributed by atoms with E-state index in [1.807, 2.05) is 4.90 Å². The third-order valence-corrected chi connectivity index (χ3v) is 3.83. The fraction of sp³-hybridized carbons (Fsp3) is 0.467. The molecule has 126 valence electrons. The van der Waals surface area contributed by atoms with Crippen molar-refractivity contribution in [2.75, 3.05) is 25.0 Å². The van der Waals surface area contributed by atoms with Crippen molar-refractivity contribution in [1.29, 1.82) is 0 Å². The van der Waals surface area contributed by atoms with Crippen molar-refractivity contribution >= 4 is 17.5 Å². The predicted molar refractivity (Wildman–Crippen MR) is 78.4 cm³/mol. The van der Waals surface area contributed by atoms with Crippen LogP contribution < -0.4 is 11.1 Å². The molecule has 0 unspecified atom stereocenters. The number of nitrogens with one attached hydrogen (secondary N) is 1. The standard InChI is InChI=1S/C15H18F3N3O2/c16-15(17,18)11-2-1-3-12(8-11)20-13(22)9-21-6-4-10(5-7-21)14(19)23/h1-3,8,10H,4-7,9H2,(H2,19,23)(H,20,22). The second kappa shape index (κ2) is 6.99. The smallest absolute Gasteiger partial charge is 0.369 e. The van der Waals surface area contributed by atoms with Crippen LogP contribution in [0.25, 0.3) is 0 Å². The number of hydrogen-bond donors (Lipinski definition) is 2. The monoisotopic (exact) mass is 329 g/mol. The summed E-state index contributed by atoms with van der Waals surface area (Å²) in [5.74, 6) is -0.891. The van der Waals surface area contributed by atoms with Gasteiger partial charge in [0.2, 0.25) is 11.8 Å². The molecule has 1 heterocycles. The molecule has 0 radical (unpaired) electrons. The largest absolute Gasteiger partial charge is 0.416 e. The highest BCUT2D eigenvalue weighted by atomic mass is 19.4. The number of nitrogens with two attached hydrogens (primary N) is 1. The molecule has 3 N–H and O–H groups in total. The molecule has 1 saturated heterocycles. The van der Waals surface area contributed by atoms with Crippen LogP contribution in [0.3, 0.4) is 0 Å². The van der Waals surface area contributed by atoms with Gasteiger partial charge in [0.15, 0.2) is 0 Å². The van der Waals surface area contributed by atoms with Gasteiger partial charge < -0.3 is 11.1 Å². The van der Waals surface area contributed by atoms with Gasteiger partial charge in [0.1, 0.15) is 0 Å². The van der Waals surface area contributed by atoms with Gasteiger partial charge in [-0.15, -0.1) is 0 Å². The van der Waals surface area contributed by atoms with Gasteiger partial charge in [0.05, 0.1) is 12.1 Å². The Labute approximate surface area is 131 Å². The van der Waals surface area contributed by atoms with Gasteiger partial charge in [0, 0.05) is 11.6 Å². The van der Waals surface area contributed by atoms with Gasteiger partial charge in [-0.25, -0.2) is 0 Å². The number of rotatable bonds is 4. The van der Waals surface area contributed by atoms with Crippen molar-refractivity contribution in [2.24, 2.45) is 11.7 Å². The number of halogens is 3. The second-order valence-electron chi connectivity index (χ2n) is 5.58. The average Bonchev–Trinajstić information content (AvgIpc) is 2.47. The van der Waals surface area contributed by atoms with E-state index in [1.165, 1.54) is 12.1 Å². The van der Waals surface area contributed by atoms with E-state index in [4.69, 9.17) is 5.73 Å². The minimum absolute atomic E-state index is 0.0712. The summed E-state index contributed by atoms with van der Waals surface area (Å²) in [4.78, 5) is 24.9. The Bertz CT molecular complexity index is 582. The molecule has 1 aromatic rings. The maximum absolute atomic E-state index is 12.6. The van der Waals surface area contributed by atoms with E-state index in [0.717, 1.165) is 12.1 Å². The van der Waals surface area contributed by atoms with E-state index in [-0.39, 0.29) is 30.0 Å². The van der Waals surface area contributed by atoms with Crippen LogP contribution in [0, 0.1) is 5.92 Å². The molecule has 1 aliphatic heterocycles. The fourth-order valence-electron chi connectivity index (χ4n) is 2.55. The fourth-order valence-corrected chi connectivity index (χ4v) is 2.55. The Morgan fingerprint density at radius 1 is 1.26 bits per heavy atom. The first-order chi connectivity index (χ1) is 10.8. The highest BCUT2D eigenvalue weighted by Crippen LogP contribution is 2.30. The highest BCUT2D eigenvalue weighted by molar-refractivity contribution is 5.92. The summed E-state index contributed by atoms with van der Waals surface area (Å²) < 4.78 is 37.9. The molecule has 1 aliphatic rings. The molecule has 0 saturated carbocycles. The number of likely N-dealkylation sites (tertiary alicyclic amines) is 1. The lowest BCUT2D eigenvalue weighted by molar-refractivity contribution is -0.137. The van der Waals surface area contributed by atoms with Crippen LogP contribution in [0.2, 0.25) is 0 Å². The summed E-state index contributed by atoms with van der Waals surface area (Å²) in [6.45, 7) is 1.19. The zero-order valence-electron chi connectivity index (χ0n) is 12.4. The Balaban J connectivity index is 1.87. The molecule has 0 atom stereocenters. The van der Waals surface area contributed by atoms with Gasteiger partial charge in [-0.3, -0.25) is 14.5 Å². The average molecular weight is 329 g/mol. The molecule has 8 heteroatoms. The minimum atomic E-state index is -4.45. The van der Waals surface area contributed by atoms with E-state index in [2.05, 4.69) is 5.32 Å². The van der Waals surface area contributed by atoms with Crippen molar-refractivity contribution in [3.63, 3.8) is 0 Å². The lowest BCUT2D eigenvalue weighted by Crippen LogP contribution is -2.42. The molecule has 5 nitrogen and oxygen atoms in total. The summed E-state index contributed by atoms with van der Waals surface area (Å²) >= 11 is 0. The molecular formula is C15H18F3N3O2. The Hall–Kier alpha value is -2.09. The first-order valence-corrected chi connectivity index (χ1v) is 7.24. The van der Waals surface area contributed by atoms with Crippen molar-refractivity contribution in [3.05, 3.63) is 29.8 Å². The number of primary amides is 1. The van der Waals surface area contributed by atoms with Gasteiger partial charge >= 0.3 is 6.18 Å². The van der Waals surface area contributed by atoms with Crippen LogP contribution in [-0.2, 0) is 15.8 Å². The maximum Gasteiger partial charge on any atom is 0.416 e. The van der Waals surface area contributed by atoms with Crippen molar-refractivity contribution in [3.8, 4) is 0 Å². The highest BCUT2D eigenvalue weighted by Gasteiger charge is 2.30. The molecule has 2 amide bonds. The Morgan fingerprint density at radius 2 is 1.91 bits per heavy atom. The predicted octanol–water partition coefficient (Wildman–Crippen LogP) is 1.84. The first kappa shape index (κ1) is 17.3. The summed E-state index contributed by atoms with van der Waals surface area (Å²) in [6.07, 6.45) is -3.27. The normalized spacial score (nSPS) is 17.0. The van der Waals surface area contributed by atoms with Crippen molar-refractivity contribution in [2.45, 2.75) is 19.0 Å².